The first-order valence-electron chi connectivity index (χ1n) is 5.41. The number of nitrogens with zero attached hydrogens (tertiary/aromatic N) is 1. The fraction of sp³-hybridized carbons (Fsp3) is 0.545. The van der Waals surface area contributed by atoms with E-state index in [1.165, 1.54) is 17.7 Å². The quantitative estimate of drug-likeness (QED) is 0.486. The van der Waals surface area contributed by atoms with E-state index < -0.39 is 0 Å². The lowest BCUT2D eigenvalue weighted by molar-refractivity contribution is 0.815. The lowest BCUT2D eigenvalue weighted by Gasteiger charge is -2.03. The van der Waals surface area contributed by atoms with Crippen LogP contribution in [-0.2, 0) is 6.42 Å². The lowest BCUT2D eigenvalue weighted by atomic mass is 10.3. The number of nitrogens with two attached hydrogens (primary N) is 1. The number of nitrogens with one attached hydrogen (secondary N) is 1. The van der Waals surface area contributed by atoms with Crippen molar-refractivity contribution in [2.75, 3.05) is 13.1 Å². The Hall–Kier alpha value is -0.300. The Morgan fingerprint density at radius 3 is 3.00 bits per heavy atom. The van der Waals surface area contributed by atoms with Crippen LogP contribution in [0.15, 0.2) is 22.5 Å². The van der Waals surface area contributed by atoms with Crippen molar-refractivity contribution in [3.8, 4) is 0 Å². The Morgan fingerprint density at radius 1 is 1.56 bits per heavy atom. The largest absolute Gasteiger partial charge is 0.370 e. The standard InChI is InChI=1S/C11H17N3S.HI/c12-11(14-8-9-3-4-9)13-6-5-10-2-1-7-15-10;/h1-2,7,9H,3-6,8H2,(H3,12,13,14);1H. The molecular formula is C11H18IN3S. The molecule has 0 amide bonds. The van der Waals surface area contributed by atoms with Gasteiger partial charge < -0.3 is 11.1 Å². The van der Waals surface area contributed by atoms with Gasteiger partial charge in [-0.3, -0.25) is 4.99 Å². The maximum atomic E-state index is 5.73. The number of hydrogen-bond acceptors (Lipinski definition) is 2. The molecule has 0 bridgehead atoms. The number of rotatable bonds is 5. The predicted molar refractivity (Wildman–Crippen MR) is 80.7 cm³/mol. The summed E-state index contributed by atoms with van der Waals surface area (Å²) >= 11 is 1.78. The monoisotopic (exact) mass is 351 g/mol. The SMILES string of the molecule is I.NC(=NCC1CC1)NCCc1cccs1. The van der Waals surface area contributed by atoms with Gasteiger partial charge in [0.2, 0.25) is 0 Å². The highest BCUT2D eigenvalue weighted by atomic mass is 127. The van der Waals surface area contributed by atoms with Crippen molar-refractivity contribution in [2.45, 2.75) is 19.3 Å². The summed E-state index contributed by atoms with van der Waals surface area (Å²) in [6, 6.07) is 4.22. The highest BCUT2D eigenvalue weighted by Crippen LogP contribution is 2.28. The minimum absolute atomic E-state index is 0. The van der Waals surface area contributed by atoms with Gasteiger partial charge in [-0.2, -0.15) is 0 Å². The van der Waals surface area contributed by atoms with Gasteiger partial charge in [-0.15, -0.1) is 35.3 Å². The van der Waals surface area contributed by atoms with Crippen LogP contribution < -0.4 is 11.1 Å². The maximum Gasteiger partial charge on any atom is 0.188 e. The van der Waals surface area contributed by atoms with Crippen molar-refractivity contribution in [2.24, 2.45) is 16.6 Å². The second-order valence-corrected chi connectivity index (χ2v) is 4.96. The van der Waals surface area contributed by atoms with E-state index in [2.05, 4.69) is 27.8 Å². The smallest absolute Gasteiger partial charge is 0.188 e. The Balaban J connectivity index is 0.00000128. The normalized spacial score (nSPS) is 15.6. The Kier molecular flexibility index (Phi) is 6.12. The van der Waals surface area contributed by atoms with Gasteiger partial charge in [0.15, 0.2) is 5.96 Å². The highest BCUT2D eigenvalue weighted by Gasteiger charge is 2.20. The predicted octanol–water partition coefficient (Wildman–Crippen LogP) is 2.22. The molecule has 0 spiro atoms. The minimum atomic E-state index is 0. The molecule has 1 saturated carbocycles. The second kappa shape index (κ2) is 7.11. The van der Waals surface area contributed by atoms with Crippen molar-refractivity contribution in [1.82, 2.24) is 5.32 Å². The van der Waals surface area contributed by atoms with E-state index in [1.807, 2.05) is 0 Å². The molecule has 1 heterocycles. The van der Waals surface area contributed by atoms with Gasteiger partial charge >= 0.3 is 0 Å². The number of hydrogen-bond donors (Lipinski definition) is 2. The summed E-state index contributed by atoms with van der Waals surface area (Å²) in [5, 5.41) is 5.24. The molecule has 0 aliphatic heterocycles. The van der Waals surface area contributed by atoms with Crippen molar-refractivity contribution >= 4 is 41.3 Å². The second-order valence-electron chi connectivity index (χ2n) is 3.93. The van der Waals surface area contributed by atoms with Crippen LogP contribution >= 0.6 is 35.3 Å². The number of thiophene rings is 1. The summed E-state index contributed by atoms with van der Waals surface area (Å²) < 4.78 is 0. The first-order valence-corrected chi connectivity index (χ1v) is 6.29. The molecule has 16 heavy (non-hydrogen) atoms. The summed E-state index contributed by atoms with van der Waals surface area (Å²) in [5.74, 6) is 1.40. The molecule has 90 valence electrons. The topological polar surface area (TPSA) is 50.4 Å². The molecule has 5 heteroatoms. The van der Waals surface area contributed by atoms with Crippen LogP contribution in [-0.4, -0.2) is 19.0 Å². The van der Waals surface area contributed by atoms with E-state index in [9.17, 15) is 0 Å². The highest BCUT2D eigenvalue weighted by molar-refractivity contribution is 14.0. The average Bonchev–Trinajstić information content (AvgIpc) is 2.92. The van der Waals surface area contributed by atoms with Gasteiger partial charge in [0, 0.05) is 18.0 Å². The number of guanidine groups is 1. The van der Waals surface area contributed by atoms with Crippen LogP contribution in [0.5, 0.6) is 0 Å². The minimum Gasteiger partial charge on any atom is -0.370 e. The number of halogens is 1. The Morgan fingerprint density at radius 2 is 2.38 bits per heavy atom. The van der Waals surface area contributed by atoms with Gasteiger partial charge in [-0.05, 0) is 36.6 Å². The van der Waals surface area contributed by atoms with Gasteiger partial charge in [0.1, 0.15) is 0 Å². The lowest BCUT2D eigenvalue weighted by Crippen LogP contribution is -2.33. The maximum absolute atomic E-state index is 5.73. The van der Waals surface area contributed by atoms with Gasteiger partial charge in [0.05, 0.1) is 0 Å². The summed E-state index contributed by atoms with van der Waals surface area (Å²) in [5.41, 5.74) is 5.73. The average molecular weight is 351 g/mol. The molecule has 1 aliphatic rings. The van der Waals surface area contributed by atoms with E-state index in [0.29, 0.717) is 5.96 Å². The fourth-order valence-corrected chi connectivity index (χ4v) is 2.06. The molecule has 0 atom stereocenters. The van der Waals surface area contributed by atoms with Crippen molar-refractivity contribution in [1.29, 1.82) is 0 Å². The van der Waals surface area contributed by atoms with E-state index >= 15 is 0 Å². The van der Waals surface area contributed by atoms with Gasteiger partial charge in [-0.25, -0.2) is 0 Å². The van der Waals surface area contributed by atoms with Crippen LogP contribution in [0.2, 0.25) is 0 Å². The van der Waals surface area contributed by atoms with Crippen LogP contribution in [0.25, 0.3) is 0 Å². The molecule has 0 radical (unpaired) electrons. The van der Waals surface area contributed by atoms with Crippen molar-refractivity contribution in [3.05, 3.63) is 22.4 Å². The molecule has 2 rings (SSSR count). The Bertz CT molecular complexity index is 320. The molecular weight excluding hydrogens is 333 g/mol. The van der Waals surface area contributed by atoms with E-state index in [1.54, 1.807) is 11.3 Å². The third kappa shape index (κ3) is 5.16. The third-order valence-electron chi connectivity index (χ3n) is 2.47. The van der Waals surface area contributed by atoms with Crippen LogP contribution in [0, 0.1) is 5.92 Å². The summed E-state index contributed by atoms with van der Waals surface area (Å²) in [4.78, 5) is 5.68. The zero-order chi connectivity index (χ0) is 10.5. The first-order chi connectivity index (χ1) is 7.34. The zero-order valence-corrected chi connectivity index (χ0v) is 12.3. The molecule has 1 aliphatic carbocycles. The molecule has 1 aromatic rings. The van der Waals surface area contributed by atoms with E-state index in [4.69, 9.17) is 5.73 Å². The molecule has 1 aromatic heterocycles. The molecule has 1 fully saturated rings. The molecule has 0 aromatic carbocycles. The molecule has 0 unspecified atom stereocenters. The van der Waals surface area contributed by atoms with Gasteiger partial charge in [-0.1, -0.05) is 6.07 Å². The number of aliphatic imine (C=N–C) groups is 1. The fourth-order valence-electron chi connectivity index (χ4n) is 1.35. The van der Waals surface area contributed by atoms with Crippen molar-refractivity contribution in [3.63, 3.8) is 0 Å². The molecule has 3 N–H and O–H groups in total. The summed E-state index contributed by atoms with van der Waals surface area (Å²) in [6.07, 6.45) is 3.68. The van der Waals surface area contributed by atoms with E-state index in [0.717, 1.165) is 25.4 Å². The van der Waals surface area contributed by atoms with E-state index in [-0.39, 0.29) is 24.0 Å². The first kappa shape index (κ1) is 13.8. The Labute approximate surface area is 118 Å². The van der Waals surface area contributed by atoms with Crippen molar-refractivity contribution < 1.29 is 0 Å². The third-order valence-corrected chi connectivity index (χ3v) is 3.41. The summed E-state index contributed by atoms with van der Waals surface area (Å²) in [6.45, 7) is 1.78. The van der Waals surface area contributed by atoms with Crippen LogP contribution in [0.4, 0.5) is 0 Å². The molecule has 3 nitrogen and oxygen atoms in total. The van der Waals surface area contributed by atoms with Crippen LogP contribution in [0.3, 0.4) is 0 Å². The van der Waals surface area contributed by atoms with Gasteiger partial charge in [0.25, 0.3) is 0 Å². The summed E-state index contributed by atoms with van der Waals surface area (Å²) in [7, 11) is 0. The van der Waals surface area contributed by atoms with Crippen LogP contribution in [0.1, 0.15) is 17.7 Å². The molecule has 0 saturated heterocycles. The zero-order valence-electron chi connectivity index (χ0n) is 9.19.